The molecule has 0 fully saturated rings. The maximum atomic E-state index is 8.90. The summed E-state index contributed by atoms with van der Waals surface area (Å²) in [6.07, 6.45) is 15.1. The van der Waals surface area contributed by atoms with E-state index in [-0.39, 0.29) is 6.61 Å². The van der Waals surface area contributed by atoms with E-state index in [4.69, 9.17) is 5.11 Å². The highest BCUT2D eigenvalue weighted by atomic mass is 16.3. The Kier molecular flexibility index (Phi) is 7.45. The first-order valence-electron chi connectivity index (χ1n) is 8.52. The molecule has 0 saturated carbocycles. The Labute approximate surface area is 131 Å². The first-order chi connectivity index (χ1) is 9.86. The van der Waals surface area contributed by atoms with Crippen LogP contribution in [0.5, 0.6) is 0 Å². The van der Waals surface area contributed by atoms with E-state index in [1.54, 1.807) is 11.1 Å². The summed E-state index contributed by atoms with van der Waals surface area (Å²) in [4.78, 5) is 0. The number of rotatable bonds is 7. The predicted octanol–water partition coefficient (Wildman–Crippen LogP) is 5.67. The van der Waals surface area contributed by atoms with Crippen LogP contribution < -0.4 is 0 Å². The van der Waals surface area contributed by atoms with Crippen molar-refractivity contribution in [3.8, 4) is 0 Å². The van der Waals surface area contributed by atoms with E-state index >= 15 is 0 Å². The molecule has 0 amide bonds. The summed E-state index contributed by atoms with van der Waals surface area (Å²) in [5.41, 5.74) is 3.46. The van der Waals surface area contributed by atoms with E-state index < -0.39 is 0 Å². The highest BCUT2D eigenvalue weighted by Crippen LogP contribution is 2.40. The Morgan fingerprint density at radius 2 is 1.90 bits per heavy atom. The third-order valence-corrected chi connectivity index (χ3v) is 4.69. The topological polar surface area (TPSA) is 20.2 Å². The summed E-state index contributed by atoms with van der Waals surface area (Å²) in [6.45, 7) is 11.8. The summed E-state index contributed by atoms with van der Waals surface area (Å²) in [5.74, 6) is 1.05. The lowest BCUT2D eigenvalue weighted by Crippen LogP contribution is -2.19. The SMILES string of the molecule is CC1=C(/C=C/[C@H](C)C/C=C\[C@@H](C)CCO)C(C)(C)CCC1. The molecule has 0 aliphatic heterocycles. The number of allylic oxidation sites excluding steroid dienone is 6. The van der Waals surface area contributed by atoms with E-state index in [9.17, 15) is 0 Å². The molecule has 120 valence electrons. The van der Waals surface area contributed by atoms with Crippen LogP contribution in [0, 0.1) is 17.3 Å². The average molecular weight is 290 g/mol. The Bertz CT molecular complexity index is 398. The first-order valence-corrected chi connectivity index (χ1v) is 8.52. The lowest BCUT2D eigenvalue weighted by atomic mass is 9.72. The van der Waals surface area contributed by atoms with Crippen molar-refractivity contribution in [3.63, 3.8) is 0 Å². The van der Waals surface area contributed by atoms with Crippen molar-refractivity contribution < 1.29 is 5.11 Å². The fraction of sp³-hybridized carbons (Fsp3) is 0.700. The zero-order valence-electron chi connectivity index (χ0n) is 14.7. The Hall–Kier alpha value is -0.820. The fourth-order valence-corrected chi connectivity index (χ4v) is 3.17. The van der Waals surface area contributed by atoms with Crippen molar-refractivity contribution in [1.29, 1.82) is 0 Å². The summed E-state index contributed by atoms with van der Waals surface area (Å²) >= 11 is 0. The van der Waals surface area contributed by atoms with Crippen LogP contribution in [0.4, 0.5) is 0 Å². The normalized spacial score (nSPS) is 22.2. The van der Waals surface area contributed by atoms with Crippen molar-refractivity contribution in [1.82, 2.24) is 0 Å². The summed E-state index contributed by atoms with van der Waals surface area (Å²) < 4.78 is 0. The van der Waals surface area contributed by atoms with Crippen molar-refractivity contribution in [3.05, 3.63) is 35.5 Å². The van der Waals surface area contributed by atoms with Gasteiger partial charge in [0, 0.05) is 6.61 Å². The number of aliphatic hydroxyl groups excluding tert-OH is 1. The molecule has 1 aliphatic rings. The second kappa shape index (κ2) is 8.58. The molecule has 1 rings (SSSR count). The molecule has 0 heterocycles. The highest BCUT2D eigenvalue weighted by molar-refractivity contribution is 5.32. The molecule has 0 aromatic carbocycles. The Balaban J connectivity index is 2.55. The molecule has 1 aliphatic carbocycles. The van der Waals surface area contributed by atoms with Crippen molar-refractivity contribution >= 4 is 0 Å². The quantitative estimate of drug-likeness (QED) is 0.599. The average Bonchev–Trinajstić information content (AvgIpc) is 2.37. The molecule has 0 spiro atoms. The van der Waals surface area contributed by atoms with Crippen LogP contribution in [-0.4, -0.2) is 11.7 Å². The van der Waals surface area contributed by atoms with Crippen molar-refractivity contribution in [2.24, 2.45) is 17.3 Å². The van der Waals surface area contributed by atoms with Crippen LogP contribution in [0.15, 0.2) is 35.5 Å². The lowest BCUT2D eigenvalue weighted by molar-refractivity contribution is 0.274. The van der Waals surface area contributed by atoms with Gasteiger partial charge in [0.25, 0.3) is 0 Å². The van der Waals surface area contributed by atoms with Gasteiger partial charge in [0.15, 0.2) is 0 Å². The molecule has 0 radical (unpaired) electrons. The molecule has 0 unspecified atom stereocenters. The van der Waals surface area contributed by atoms with Gasteiger partial charge in [-0.3, -0.25) is 0 Å². The maximum Gasteiger partial charge on any atom is 0.0436 e. The molecule has 0 aromatic heterocycles. The van der Waals surface area contributed by atoms with Crippen molar-refractivity contribution in [2.75, 3.05) is 6.61 Å². The molecule has 2 atom stereocenters. The molecule has 0 saturated heterocycles. The minimum Gasteiger partial charge on any atom is -0.396 e. The number of hydrogen-bond donors (Lipinski definition) is 1. The van der Waals surface area contributed by atoms with Crippen molar-refractivity contribution in [2.45, 2.75) is 66.7 Å². The second-order valence-corrected chi connectivity index (χ2v) is 7.42. The van der Waals surface area contributed by atoms with Crippen LogP contribution in [0.1, 0.15) is 66.7 Å². The standard InChI is InChI=1S/C20H34O/c1-16(8-6-9-17(2)13-15-21)11-12-19-18(3)10-7-14-20(19,4)5/h6,9,11-12,16-17,21H,7-8,10,13-15H2,1-5H3/b9-6-,12-11+/t16-,17-/m1/s1. The van der Waals surface area contributed by atoms with Crippen LogP contribution in [0.3, 0.4) is 0 Å². The van der Waals surface area contributed by atoms with Gasteiger partial charge in [-0.2, -0.15) is 0 Å². The minimum absolute atomic E-state index is 0.281. The largest absolute Gasteiger partial charge is 0.396 e. The van der Waals surface area contributed by atoms with Crippen LogP contribution in [-0.2, 0) is 0 Å². The zero-order chi connectivity index (χ0) is 15.9. The predicted molar refractivity (Wildman–Crippen MR) is 93.3 cm³/mol. The maximum absolute atomic E-state index is 8.90. The van der Waals surface area contributed by atoms with Gasteiger partial charge in [0.1, 0.15) is 0 Å². The first kappa shape index (κ1) is 18.2. The monoisotopic (exact) mass is 290 g/mol. The van der Waals surface area contributed by atoms with E-state index in [1.807, 2.05) is 0 Å². The smallest absolute Gasteiger partial charge is 0.0436 e. The van der Waals surface area contributed by atoms with Gasteiger partial charge >= 0.3 is 0 Å². The Morgan fingerprint density at radius 1 is 1.19 bits per heavy atom. The summed E-state index contributed by atoms with van der Waals surface area (Å²) in [7, 11) is 0. The van der Waals surface area contributed by atoms with Gasteiger partial charge in [-0.05, 0) is 61.9 Å². The van der Waals surface area contributed by atoms with E-state index in [1.165, 1.54) is 19.3 Å². The molecule has 0 aromatic rings. The van der Waals surface area contributed by atoms with Gasteiger partial charge in [0.05, 0.1) is 0 Å². The number of hydrogen-bond acceptors (Lipinski definition) is 1. The third kappa shape index (κ3) is 6.22. The molecule has 1 heteroatoms. The number of aliphatic hydroxyl groups is 1. The van der Waals surface area contributed by atoms with E-state index in [2.05, 4.69) is 58.9 Å². The van der Waals surface area contributed by atoms with Gasteiger partial charge in [-0.25, -0.2) is 0 Å². The molecular formula is C20H34O. The van der Waals surface area contributed by atoms with E-state index in [0.717, 1.165) is 12.8 Å². The fourth-order valence-electron chi connectivity index (χ4n) is 3.17. The summed E-state index contributed by atoms with van der Waals surface area (Å²) in [6, 6.07) is 0. The van der Waals surface area contributed by atoms with Crippen LogP contribution in [0.2, 0.25) is 0 Å². The summed E-state index contributed by atoms with van der Waals surface area (Å²) in [5, 5.41) is 8.90. The Morgan fingerprint density at radius 3 is 2.52 bits per heavy atom. The van der Waals surface area contributed by atoms with Gasteiger partial charge < -0.3 is 5.11 Å². The molecule has 21 heavy (non-hydrogen) atoms. The van der Waals surface area contributed by atoms with Gasteiger partial charge in [-0.1, -0.05) is 57.6 Å². The molecule has 1 nitrogen and oxygen atoms in total. The minimum atomic E-state index is 0.281. The second-order valence-electron chi connectivity index (χ2n) is 7.42. The highest BCUT2D eigenvalue weighted by Gasteiger charge is 2.26. The molecule has 0 bridgehead atoms. The molecular weight excluding hydrogens is 256 g/mol. The molecule has 1 N–H and O–H groups in total. The lowest BCUT2D eigenvalue weighted by Gasteiger charge is -2.33. The van der Waals surface area contributed by atoms with Gasteiger partial charge in [-0.15, -0.1) is 0 Å². The van der Waals surface area contributed by atoms with Crippen LogP contribution >= 0.6 is 0 Å². The van der Waals surface area contributed by atoms with Crippen LogP contribution in [0.25, 0.3) is 0 Å². The zero-order valence-corrected chi connectivity index (χ0v) is 14.7. The van der Waals surface area contributed by atoms with E-state index in [0.29, 0.717) is 17.3 Å². The van der Waals surface area contributed by atoms with Gasteiger partial charge in [0.2, 0.25) is 0 Å². The third-order valence-electron chi connectivity index (χ3n) is 4.69.